The monoisotopic (exact) mass is 483 g/mol. The van der Waals surface area contributed by atoms with Crippen molar-refractivity contribution in [2.75, 3.05) is 7.11 Å². The number of methoxy groups -OCH3 is 1. The van der Waals surface area contributed by atoms with E-state index in [0.717, 1.165) is 27.8 Å². The van der Waals surface area contributed by atoms with Crippen molar-refractivity contribution < 1.29 is 19.4 Å². The third kappa shape index (κ3) is 4.66. The largest absolute Gasteiger partial charge is 0.507 e. The first-order chi connectivity index (χ1) is 17.0. The normalized spacial score (nSPS) is 17.5. The van der Waals surface area contributed by atoms with Crippen LogP contribution in [0.25, 0.3) is 5.76 Å². The highest BCUT2D eigenvalue weighted by atomic mass is 16.5. The number of ketones is 1. The Morgan fingerprint density at radius 2 is 1.61 bits per heavy atom. The van der Waals surface area contributed by atoms with Gasteiger partial charge in [0.25, 0.3) is 11.7 Å². The van der Waals surface area contributed by atoms with Crippen molar-refractivity contribution in [3.63, 3.8) is 0 Å². The summed E-state index contributed by atoms with van der Waals surface area (Å²) in [6.45, 7) is 10.5. The van der Waals surface area contributed by atoms with Gasteiger partial charge in [0.15, 0.2) is 0 Å². The molecule has 0 spiro atoms. The first-order valence-corrected chi connectivity index (χ1v) is 12.1. The second-order valence-corrected chi connectivity index (χ2v) is 10.4. The van der Waals surface area contributed by atoms with Crippen LogP contribution >= 0.6 is 0 Å². The van der Waals surface area contributed by atoms with Crippen LogP contribution < -0.4 is 4.74 Å². The molecule has 3 aromatic carbocycles. The van der Waals surface area contributed by atoms with E-state index in [2.05, 4.69) is 20.8 Å². The smallest absolute Gasteiger partial charge is 0.295 e. The zero-order chi connectivity index (χ0) is 26.2. The zero-order valence-corrected chi connectivity index (χ0v) is 21.8. The lowest BCUT2D eigenvalue weighted by atomic mass is 9.85. The standard InChI is InChI=1S/C31H33NO4/c1-19-11-12-22(17-20(19)2)28(33)26-27(21-13-15-24(16-14-21)31(3,4)5)32(30(35)29(26)34)18-23-9-7-8-10-25(23)36-6/h7-17,27,33H,18H2,1-6H3/b28-26-. The topological polar surface area (TPSA) is 66.8 Å². The molecule has 3 aromatic rings. The molecule has 36 heavy (non-hydrogen) atoms. The molecule has 5 heteroatoms. The van der Waals surface area contributed by atoms with Crippen LogP contribution in [0.15, 0.2) is 72.3 Å². The Morgan fingerprint density at radius 3 is 2.22 bits per heavy atom. The predicted octanol–water partition coefficient (Wildman–Crippen LogP) is 6.23. The first kappa shape index (κ1) is 25.2. The molecule has 0 bridgehead atoms. The minimum Gasteiger partial charge on any atom is -0.507 e. The average molecular weight is 484 g/mol. The average Bonchev–Trinajstić information content (AvgIpc) is 3.10. The van der Waals surface area contributed by atoms with Crippen LogP contribution in [0.3, 0.4) is 0 Å². The summed E-state index contributed by atoms with van der Waals surface area (Å²) in [7, 11) is 1.58. The van der Waals surface area contributed by atoms with Crippen LogP contribution in [0, 0.1) is 13.8 Å². The third-order valence-electron chi connectivity index (χ3n) is 6.95. The summed E-state index contributed by atoms with van der Waals surface area (Å²) in [6.07, 6.45) is 0. The van der Waals surface area contributed by atoms with Crippen LogP contribution in [0.1, 0.15) is 60.2 Å². The van der Waals surface area contributed by atoms with E-state index in [1.54, 1.807) is 13.2 Å². The summed E-state index contributed by atoms with van der Waals surface area (Å²) in [5.41, 5.74) is 5.34. The summed E-state index contributed by atoms with van der Waals surface area (Å²) in [5.74, 6) is -0.860. The van der Waals surface area contributed by atoms with Gasteiger partial charge in [-0.05, 0) is 53.6 Å². The van der Waals surface area contributed by atoms with Crippen molar-refractivity contribution in [3.05, 3.63) is 106 Å². The predicted molar refractivity (Wildman–Crippen MR) is 142 cm³/mol. The zero-order valence-electron chi connectivity index (χ0n) is 21.8. The Bertz CT molecular complexity index is 1350. The number of Topliss-reactive ketones (excluding diaryl/α,β-unsaturated/α-hetero) is 1. The van der Waals surface area contributed by atoms with E-state index in [0.29, 0.717) is 11.3 Å². The number of aliphatic hydroxyl groups excluding tert-OH is 1. The number of carbonyl (C=O) groups excluding carboxylic acids is 2. The molecule has 1 saturated heterocycles. The van der Waals surface area contributed by atoms with E-state index >= 15 is 0 Å². The highest BCUT2D eigenvalue weighted by molar-refractivity contribution is 6.46. The molecule has 0 aromatic heterocycles. The Morgan fingerprint density at radius 1 is 0.944 bits per heavy atom. The van der Waals surface area contributed by atoms with Crippen LogP contribution in [-0.2, 0) is 21.5 Å². The SMILES string of the molecule is COc1ccccc1CN1C(=O)C(=O)/C(=C(\O)c2ccc(C)c(C)c2)C1c1ccc(C(C)(C)C)cc1. The van der Waals surface area contributed by atoms with Crippen LogP contribution in [0.2, 0.25) is 0 Å². The van der Waals surface area contributed by atoms with Gasteiger partial charge in [-0.3, -0.25) is 9.59 Å². The van der Waals surface area contributed by atoms with E-state index in [9.17, 15) is 14.7 Å². The summed E-state index contributed by atoms with van der Waals surface area (Å²) in [5, 5.41) is 11.4. The fourth-order valence-corrected chi connectivity index (χ4v) is 4.62. The van der Waals surface area contributed by atoms with Crippen molar-refractivity contribution in [2.24, 2.45) is 0 Å². The maximum Gasteiger partial charge on any atom is 0.295 e. The molecule has 1 heterocycles. The van der Waals surface area contributed by atoms with Gasteiger partial charge in [-0.1, -0.05) is 75.4 Å². The molecule has 186 valence electrons. The molecule has 1 aliphatic rings. The molecule has 4 rings (SSSR count). The Balaban J connectivity index is 1.88. The maximum absolute atomic E-state index is 13.4. The molecule has 0 saturated carbocycles. The van der Waals surface area contributed by atoms with Crippen LogP contribution in [-0.4, -0.2) is 28.8 Å². The number of nitrogens with zero attached hydrogens (tertiary/aromatic N) is 1. The molecule has 1 unspecified atom stereocenters. The highest BCUT2D eigenvalue weighted by Gasteiger charge is 2.46. The second kappa shape index (κ2) is 9.65. The van der Waals surface area contributed by atoms with Crippen molar-refractivity contribution in [1.82, 2.24) is 4.90 Å². The van der Waals surface area contributed by atoms with Crippen molar-refractivity contribution in [3.8, 4) is 5.75 Å². The fourth-order valence-electron chi connectivity index (χ4n) is 4.62. The van der Waals surface area contributed by atoms with Gasteiger partial charge in [0.1, 0.15) is 11.5 Å². The lowest BCUT2D eigenvalue weighted by molar-refractivity contribution is -0.140. The molecule has 1 fully saturated rings. The van der Waals surface area contributed by atoms with Gasteiger partial charge in [0, 0.05) is 11.1 Å². The lowest BCUT2D eigenvalue weighted by Gasteiger charge is -2.27. The van der Waals surface area contributed by atoms with Crippen molar-refractivity contribution in [2.45, 2.75) is 52.6 Å². The number of hydrogen-bond donors (Lipinski definition) is 1. The van der Waals surface area contributed by atoms with E-state index in [4.69, 9.17) is 4.74 Å². The van der Waals surface area contributed by atoms with Crippen molar-refractivity contribution >= 4 is 17.4 Å². The first-order valence-electron chi connectivity index (χ1n) is 12.1. The Hall–Kier alpha value is -3.86. The molecule has 0 aliphatic carbocycles. The van der Waals surface area contributed by atoms with Crippen LogP contribution in [0.5, 0.6) is 5.75 Å². The van der Waals surface area contributed by atoms with Gasteiger partial charge >= 0.3 is 0 Å². The molecule has 1 atom stereocenters. The fraction of sp³-hybridized carbons (Fsp3) is 0.290. The van der Waals surface area contributed by atoms with Gasteiger partial charge in [0.05, 0.1) is 25.3 Å². The Labute approximate surface area is 213 Å². The lowest BCUT2D eigenvalue weighted by Crippen LogP contribution is -2.29. The summed E-state index contributed by atoms with van der Waals surface area (Å²) >= 11 is 0. The van der Waals surface area contributed by atoms with Gasteiger partial charge < -0.3 is 14.7 Å². The maximum atomic E-state index is 13.4. The number of carbonyl (C=O) groups is 2. The number of hydrogen-bond acceptors (Lipinski definition) is 4. The Kier molecular flexibility index (Phi) is 6.77. The number of amides is 1. The number of likely N-dealkylation sites (tertiary alicyclic amines) is 1. The molecule has 5 nitrogen and oxygen atoms in total. The van der Waals surface area contributed by atoms with Gasteiger partial charge in [0.2, 0.25) is 0 Å². The number of aryl methyl sites for hydroxylation is 2. The number of para-hydroxylation sites is 1. The molecule has 1 aliphatic heterocycles. The number of ether oxygens (including phenoxy) is 1. The van der Waals surface area contributed by atoms with E-state index < -0.39 is 17.7 Å². The van der Waals surface area contributed by atoms with Crippen LogP contribution in [0.4, 0.5) is 0 Å². The minimum absolute atomic E-state index is 0.0445. The quantitative estimate of drug-likeness (QED) is 0.265. The highest BCUT2D eigenvalue weighted by Crippen LogP contribution is 2.41. The number of benzene rings is 3. The molecule has 1 amide bonds. The second-order valence-electron chi connectivity index (χ2n) is 10.4. The molecular formula is C31H33NO4. The van der Waals surface area contributed by atoms with E-state index in [1.165, 1.54) is 4.90 Å². The van der Waals surface area contributed by atoms with Gasteiger partial charge in [-0.25, -0.2) is 0 Å². The van der Waals surface area contributed by atoms with E-state index in [-0.39, 0.29) is 23.3 Å². The van der Waals surface area contributed by atoms with Gasteiger partial charge in [-0.2, -0.15) is 0 Å². The third-order valence-corrected chi connectivity index (χ3v) is 6.95. The molecule has 0 radical (unpaired) electrons. The van der Waals surface area contributed by atoms with Crippen molar-refractivity contribution in [1.29, 1.82) is 0 Å². The minimum atomic E-state index is -0.731. The summed E-state index contributed by atoms with van der Waals surface area (Å²) in [6, 6.07) is 20.2. The number of rotatable bonds is 5. The van der Waals surface area contributed by atoms with Gasteiger partial charge in [-0.15, -0.1) is 0 Å². The molecule has 1 N–H and O–H groups in total. The summed E-state index contributed by atoms with van der Waals surface area (Å²) < 4.78 is 5.50. The number of aliphatic hydroxyl groups is 1. The van der Waals surface area contributed by atoms with E-state index in [1.807, 2.05) is 74.5 Å². The summed E-state index contributed by atoms with van der Waals surface area (Å²) in [4.78, 5) is 28.3. The molecular weight excluding hydrogens is 450 g/mol.